The highest BCUT2D eigenvalue weighted by molar-refractivity contribution is 7.98. The molecule has 1 atom stereocenters. The zero-order valence-electron chi connectivity index (χ0n) is 20.7. The lowest BCUT2D eigenvalue weighted by Gasteiger charge is -2.28. The van der Waals surface area contributed by atoms with E-state index in [0.29, 0.717) is 39.4 Å². The molecule has 2 N–H and O–H groups in total. The monoisotopic (exact) mass is 515 g/mol. The SMILES string of the molecule is COc1cccc(CSc2nc3n(n2)[C@@H](c2cccc(F)c2)C(C(=O)Nc2ccccc2C)=C(C)N3)c1. The topological polar surface area (TPSA) is 81.1 Å². The Bertz CT molecular complexity index is 1500. The van der Waals surface area contributed by atoms with Gasteiger partial charge >= 0.3 is 0 Å². The number of allylic oxidation sites excluding steroid dienone is 1. The lowest BCUT2D eigenvalue weighted by molar-refractivity contribution is -0.113. The van der Waals surface area contributed by atoms with Crippen LogP contribution < -0.4 is 15.4 Å². The highest BCUT2D eigenvalue weighted by Crippen LogP contribution is 2.37. The predicted octanol–water partition coefficient (Wildman–Crippen LogP) is 5.95. The fourth-order valence-electron chi connectivity index (χ4n) is 4.28. The molecule has 7 nitrogen and oxygen atoms in total. The number of halogens is 1. The number of nitrogens with zero attached hydrogens (tertiary/aromatic N) is 3. The Hall–Kier alpha value is -4.11. The van der Waals surface area contributed by atoms with E-state index < -0.39 is 6.04 Å². The predicted molar refractivity (Wildman–Crippen MR) is 143 cm³/mol. The third kappa shape index (κ3) is 5.22. The summed E-state index contributed by atoms with van der Waals surface area (Å²) in [5.74, 6) is 1.24. The van der Waals surface area contributed by atoms with Crippen molar-refractivity contribution >= 4 is 29.3 Å². The summed E-state index contributed by atoms with van der Waals surface area (Å²) in [6, 6.07) is 21.0. The number of carbonyl (C=O) groups excluding carboxylic acids is 1. The van der Waals surface area contributed by atoms with Gasteiger partial charge in [0.25, 0.3) is 5.91 Å². The van der Waals surface area contributed by atoms with Gasteiger partial charge in [0.2, 0.25) is 11.1 Å². The number of methoxy groups -OCH3 is 1. The molecule has 1 aliphatic heterocycles. The van der Waals surface area contributed by atoms with Crippen LogP contribution in [-0.4, -0.2) is 27.8 Å². The maximum Gasteiger partial charge on any atom is 0.255 e. The fraction of sp³-hybridized carbons (Fsp3) is 0.179. The number of ether oxygens (including phenoxy) is 1. The van der Waals surface area contributed by atoms with Crippen LogP contribution >= 0.6 is 11.8 Å². The van der Waals surface area contributed by atoms with Gasteiger partial charge in [-0.25, -0.2) is 9.07 Å². The average molecular weight is 516 g/mol. The second-order valence-electron chi connectivity index (χ2n) is 8.69. The van der Waals surface area contributed by atoms with Crippen molar-refractivity contribution in [2.24, 2.45) is 0 Å². The molecule has 0 radical (unpaired) electrons. The average Bonchev–Trinajstić information content (AvgIpc) is 3.30. The molecule has 0 fully saturated rings. The second-order valence-corrected chi connectivity index (χ2v) is 9.64. The lowest BCUT2D eigenvalue weighted by Crippen LogP contribution is -2.31. The van der Waals surface area contributed by atoms with E-state index in [-0.39, 0.29) is 11.7 Å². The van der Waals surface area contributed by atoms with Gasteiger partial charge in [-0.05, 0) is 60.9 Å². The van der Waals surface area contributed by atoms with Gasteiger partial charge in [0.15, 0.2) is 0 Å². The molecule has 0 saturated carbocycles. The van der Waals surface area contributed by atoms with Crippen molar-refractivity contribution in [1.82, 2.24) is 14.8 Å². The van der Waals surface area contributed by atoms with Crippen LogP contribution in [0.5, 0.6) is 5.75 Å². The van der Waals surface area contributed by atoms with E-state index in [4.69, 9.17) is 9.84 Å². The number of thioether (sulfide) groups is 1. The summed E-state index contributed by atoms with van der Waals surface area (Å²) in [6.45, 7) is 3.75. The molecule has 5 rings (SSSR count). The Morgan fingerprint density at radius 3 is 2.70 bits per heavy atom. The van der Waals surface area contributed by atoms with Crippen molar-refractivity contribution in [3.05, 3.63) is 107 Å². The summed E-state index contributed by atoms with van der Waals surface area (Å²) >= 11 is 1.47. The van der Waals surface area contributed by atoms with Gasteiger partial charge in [0.05, 0.1) is 12.7 Å². The van der Waals surface area contributed by atoms with Crippen molar-refractivity contribution < 1.29 is 13.9 Å². The van der Waals surface area contributed by atoms with Crippen LogP contribution in [0.1, 0.15) is 29.7 Å². The number of para-hydroxylation sites is 1. The molecular formula is C28H26FN5O2S. The van der Waals surface area contributed by atoms with E-state index >= 15 is 0 Å². The van der Waals surface area contributed by atoms with Crippen molar-refractivity contribution in [2.45, 2.75) is 30.8 Å². The minimum Gasteiger partial charge on any atom is -0.497 e. The molecule has 1 amide bonds. The van der Waals surface area contributed by atoms with Gasteiger partial charge < -0.3 is 15.4 Å². The molecule has 4 aromatic rings. The summed E-state index contributed by atoms with van der Waals surface area (Å²) in [6.07, 6.45) is 0. The number of benzene rings is 3. The standard InChI is InChI=1S/C28H26FN5O2S/c1-17-8-4-5-13-23(17)31-26(35)24-18(2)30-27-32-28(37-16-19-9-6-12-22(14-19)36-3)33-34(27)25(24)20-10-7-11-21(29)15-20/h4-15,25H,16H2,1-3H3,(H,31,35)(H,30,32,33)/t25-/m0/s1. The fourth-order valence-corrected chi connectivity index (χ4v) is 5.06. The maximum absolute atomic E-state index is 14.3. The molecular weight excluding hydrogens is 489 g/mol. The van der Waals surface area contributed by atoms with E-state index in [1.165, 1.54) is 23.9 Å². The normalized spacial score (nSPS) is 14.6. The van der Waals surface area contributed by atoms with E-state index in [1.54, 1.807) is 23.9 Å². The van der Waals surface area contributed by atoms with Gasteiger partial charge in [0.1, 0.15) is 17.6 Å². The smallest absolute Gasteiger partial charge is 0.255 e. The molecule has 3 aromatic carbocycles. The number of carbonyl (C=O) groups is 1. The molecule has 1 aromatic heterocycles. The highest BCUT2D eigenvalue weighted by atomic mass is 32.2. The molecule has 0 unspecified atom stereocenters. The number of hydrogen-bond donors (Lipinski definition) is 2. The van der Waals surface area contributed by atoms with Crippen LogP contribution in [-0.2, 0) is 10.5 Å². The molecule has 37 heavy (non-hydrogen) atoms. The van der Waals surface area contributed by atoms with Crippen molar-refractivity contribution in [3.63, 3.8) is 0 Å². The summed E-state index contributed by atoms with van der Waals surface area (Å²) < 4.78 is 21.3. The number of aryl methyl sites for hydroxylation is 1. The van der Waals surface area contributed by atoms with Crippen molar-refractivity contribution in [3.8, 4) is 5.75 Å². The van der Waals surface area contributed by atoms with E-state index in [1.807, 2.05) is 62.4 Å². The highest BCUT2D eigenvalue weighted by Gasteiger charge is 2.34. The van der Waals surface area contributed by atoms with Gasteiger partial charge in [-0.1, -0.05) is 54.2 Å². The van der Waals surface area contributed by atoms with Crippen molar-refractivity contribution in [1.29, 1.82) is 0 Å². The molecule has 1 aliphatic rings. The molecule has 188 valence electrons. The third-order valence-electron chi connectivity index (χ3n) is 6.14. The second kappa shape index (κ2) is 10.5. The van der Waals surface area contributed by atoms with Gasteiger partial charge in [-0.3, -0.25) is 4.79 Å². The van der Waals surface area contributed by atoms with Gasteiger partial charge in [0, 0.05) is 17.1 Å². The molecule has 0 bridgehead atoms. The van der Waals surface area contributed by atoms with E-state index in [9.17, 15) is 9.18 Å². The van der Waals surface area contributed by atoms with Crippen LogP contribution in [0.3, 0.4) is 0 Å². The first-order chi connectivity index (χ1) is 17.9. The first kappa shape index (κ1) is 24.6. The van der Waals surface area contributed by atoms with Gasteiger partial charge in [-0.2, -0.15) is 4.98 Å². The Morgan fingerprint density at radius 2 is 1.92 bits per heavy atom. The minimum atomic E-state index is -0.658. The summed E-state index contributed by atoms with van der Waals surface area (Å²) in [7, 11) is 1.64. The lowest BCUT2D eigenvalue weighted by atomic mass is 9.95. The van der Waals surface area contributed by atoms with Crippen LogP contribution in [0.4, 0.5) is 16.0 Å². The Balaban J connectivity index is 1.48. The van der Waals surface area contributed by atoms with Crippen LogP contribution in [0.2, 0.25) is 0 Å². The van der Waals surface area contributed by atoms with E-state index in [2.05, 4.69) is 15.6 Å². The first-order valence-corrected chi connectivity index (χ1v) is 12.7. The maximum atomic E-state index is 14.3. The number of nitrogens with one attached hydrogen (secondary N) is 2. The Morgan fingerprint density at radius 1 is 1.11 bits per heavy atom. The largest absolute Gasteiger partial charge is 0.497 e. The zero-order valence-corrected chi connectivity index (χ0v) is 21.5. The third-order valence-corrected chi connectivity index (χ3v) is 7.05. The Labute approximate surface area is 218 Å². The quantitative estimate of drug-likeness (QED) is 0.296. The molecule has 0 aliphatic carbocycles. The first-order valence-electron chi connectivity index (χ1n) is 11.8. The summed E-state index contributed by atoms with van der Waals surface area (Å²) in [5.41, 5.74) is 4.40. The van der Waals surface area contributed by atoms with Crippen LogP contribution in [0.15, 0.2) is 89.2 Å². The number of rotatable bonds is 7. The van der Waals surface area contributed by atoms with Crippen LogP contribution in [0, 0.1) is 12.7 Å². The summed E-state index contributed by atoms with van der Waals surface area (Å²) in [5, 5.41) is 11.5. The number of amides is 1. The molecule has 0 spiro atoms. The summed E-state index contributed by atoms with van der Waals surface area (Å²) in [4.78, 5) is 18.3. The number of fused-ring (bicyclic) bond motifs is 1. The molecule has 0 saturated heterocycles. The molecule has 2 heterocycles. The Kier molecular flexibility index (Phi) is 6.96. The molecule has 9 heteroatoms. The van der Waals surface area contributed by atoms with Crippen LogP contribution in [0.25, 0.3) is 0 Å². The zero-order chi connectivity index (χ0) is 25.9. The number of anilines is 2. The number of hydrogen-bond acceptors (Lipinski definition) is 6. The van der Waals surface area contributed by atoms with Crippen molar-refractivity contribution in [2.75, 3.05) is 17.7 Å². The van der Waals surface area contributed by atoms with Gasteiger partial charge in [-0.15, -0.1) is 5.10 Å². The minimum absolute atomic E-state index is 0.291. The number of aromatic nitrogens is 3. The van der Waals surface area contributed by atoms with E-state index in [0.717, 1.165) is 16.9 Å².